The molecule has 0 aliphatic carbocycles. The average molecular weight is 558 g/mol. The molecular formula is C32H51NO5Si. The lowest BCUT2D eigenvalue weighted by Crippen LogP contribution is -2.46. The molecule has 1 aliphatic heterocycles. The minimum atomic E-state index is -1.59. The molecule has 1 aromatic rings. The van der Waals surface area contributed by atoms with Crippen LogP contribution < -0.4 is 4.74 Å². The summed E-state index contributed by atoms with van der Waals surface area (Å²) in [4.78, 5) is 14.6. The molecule has 1 atom stereocenters. The number of benzene rings is 1. The predicted molar refractivity (Wildman–Crippen MR) is 161 cm³/mol. The molecule has 6 nitrogen and oxygen atoms in total. The Morgan fingerprint density at radius 3 is 2.28 bits per heavy atom. The van der Waals surface area contributed by atoms with E-state index in [-0.39, 0.29) is 17.4 Å². The Labute approximate surface area is 238 Å². The first-order valence-electron chi connectivity index (χ1n) is 14.1. The average Bonchev–Trinajstić information content (AvgIpc) is 2.82. The fraction of sp³-hybridized carbons (Fsp3) is 0.656. The van der Waals surface area contributed by atoms with Crippen LogP contribution in [-0.4, -0.2) is 63.2 Å². The highest BCUT2D eigenvalue weighted by atomic mass is 28.3. The minimum Gasteiger partial charge on any atom is -0.497 e. The minimum absolute atomic E-state index is 0.0210. The predicted octanol–water partition coefficient (Wildman–Crippen LogP) is 6.60. The Kier molecular flexibility index (Phi) is 11.9. The lowest BCUT2D eigenvalue weighted by Gasteiger charge is -2.42. The van der Waals surface area contributed by atoms with Crippen molar-refractivity contribution in [2.24, 2.45) is 5.41 Å². The van der Waals surface area contributed by atoms with E-state index in [9.17, 15) is 4.79 Å². The molecule has 7 heteroatoms. The van der Waals surface area contributed by atoms with Crippen LogP contribution in [0, 0.1) is 16.9 Å². The van der Waals surface area contributed by atoms with E-state index in [0.717, 1.165) is 31.7 Å². The summed E-state index contributed by atoms with van der Waals surface area (Å²) in [6, 6.07) is 8.20. The van der Waals surface area contributed by atoms with Crippen LogP contribution in [0.5, 0.6) is 5.75 Å². The third kappa shape index (κ3) is 13.2. The van der Waals surface area contributed by atoms with E-state index in [4.69, 9.17) is 18.9 Å². The van der Waals surface area contributed by atoms with Crippen molar-refractivity contribution in [3.63, 3.8) is 0 Å². The molecule has 39 heavy (non-hydrogen) atoms. The van der Waals surface area contributed by atoms with Gasteiger partial charge in [-0.25, -0.2) is 4.79 Å². The molecule has 1 aromatic carbocycles. The van der Waals surface area contributed by atoms with Crippen LogP contribution in [0.25, 0.3) is 0 Å². The van der Waals surface area contributed by atoms with Gasteiger partial charge in [-0.3, -0.25) is 4.90 Å². The van der Waals surface area contributed by atoms with Crippen LogP contribution in [0.4, 0.5) is 0 Å². The van der Waals surface area contributed by atoms with Crippen LogP contribution in [0.1, 0.15) is 66.4 Å². The molecule has 0 aromatic heterocycles. The number of methoxy groups -OCH3 is 1. The molecule has 0 amide bonds. The van der Waals surface area contributed by atoms with Crippen molar-refractivity contribution in [1.82, 2.24) is 4.90 Å². The van der Waals surface area contributed by atoms with E-state index in [2.05, 4.69) is 62.0 Å². The number of ether oxygens (including phenoxy) is 4. The zero-order chi connectivity index (χ0) is 29.3. The summed E-state index contributed by atoms with van der Waals surface area (Å²) >= 11 is 0. The van der Waals surface area contributed by atoms with E-state index < -0.39 is 19.5 Å². The second-order valence-corrected chi connectivity index (χ2v) is 18.2. The summed E-state index contributed by atoms with van der Waals surface area (Å²) < 4.78 is 23.2. The molecule has 0 spiro atoms. The molecule has 0 radical (unpaired) electrons. The normalized spacial score (nSPS) is 17.9. The second kappa shape index (κ2) is 14.0. The Hall–Kier alpha value is -2.11. The van der Waals surface area contributed by atoms with Crippen molar-refractivity contribution in [2.75, 3.05) is 26.9 Å². The van der Waals surface area contributed by atoms with Crippen molar-refractivity contribution in [2.45, 2.75) is 104 Å². The molecule has 0 saturated carbocycles. The van der Waals surface area contributed by atoms with Gasteiger partial charge in [0.25, 0.3) is 0 Å². The summed E-state index contributed by atoms with van der Waals surface area (Å²) in [6.45, 7) is 21.6. The largest absolute Gasteiger partial charge is 0.497 e. The Bertz CT molecular complexity index is 998. The number of carbonyl (C=O) groups is 1. The van der Waals surface area contributed by atoms with Crippen LogP contribution in [-0.2, 0) is 25.5 Å². The first-order valence-corrected chi connectivity index (χ1v) is 17.6. The van der Waals surface area contributed by atoms with Crippen LogP contribution in [0.15, 0.2) is 36.4 Å². The van der Waals surface area contributed by atoms with Gasteiger partial charge in [-0.2, -0.15) is 0 Å². The Morgan fingerprint density at radius 2 is 1.74 bits per heavy atom. The molecule has 1 aliphatic rings. The maximum Gasteiger partial charge on any atom is 0.330 e. The van der Waals surface area contributed by atoms with Crippen molar-refractivity contribution in [3.8, 4) is 17.2 Å². The summed E-state index contributed by atoms with van der Waals surface area (Å²) in [5, 5.41) is 0. The fourth-order valence-electron chi connectivity index (χ4n) is 4.03. The van der Waals surface area contributed by atoms with Gasteiger partial charge in [0.15, 0.2) is 5.79 Å². The zero-order valence-corrected chi connectivity index (χ0v) is 27.0. The maximum absolute atomic E-state index is 12.2. The van der Waals surface area contributed by atoms with Gasteiger partial charge in [0.05, 0.1) is 26.4 Å². The fourth-order valence-corrected chi connectivity index (χ4v) is 4.63. The van der Waals surface area contributed by atoms with Crippen LogP contribution >= 0.6 is 0 Å². The lowest BCUT2D eigenvalue weighted by atomic mass is 9.94. The van der Waals surface area contributed by atoms with Crippen molar-refractivity contribution in [3.05, 3.63) is 42.0 Å². The first kappa shape index (κ1) is 33.1. The third-order valence-electron chi connectivity index (χ3n) is 6.25. The quantitative estimate of drug-likeness (QED) is 0.132. The number of hydrogen-bond donors (Lipinski definition) is 0. The van der Waals surface area contributed by atoms with E-state index >= 15 is 0 Å². The smallest absolute Gasteiger partial charge is 0.330 e. The van der Waals surface area contributed by atoms with Crippen LogP contribution in [0.2, 0.25) is 19.6 Å². The van der Waals surface area contributed by atoms with Crippen molar-refractivity contribution < 1.29 is 23.7 Å². The molecular weight excluding hydrogens is 506 g/mol. The highest BCUT2D eigenvalue weighted by Gasteiger charge is 2.37. The van der Waals surface area contributed by atoms with Gasteiger partial charge in [0, 0.05) is 31.0 Å². The molecule has 0 N–H and O–H groups in total. The highest BCUT2D eigenvalue weighted by Crippen LogP contribution is 2.33. The van der Waals surface area contributed by atoms with E-state index in [0.29, 0.717) is 19.6 Å². The van der Waals surface area contributed by atoms with Gasteiger partial charge < -0.3 is 18.9 Å². The van der Waals surface area contributed by atoms with E-state index in [1.165, 1.54) is 11.6 Å². The van der Waals surface area contributed by atoms with Crippen molar-refractivity contribution >= 4 is 14.0 Å². The molecule has 1 fully saturated rings. The third-order valence-corrected chi connectivity index (χ3v) is 7.15. The van der Waals surface area contributed by atoms with Gasteiger partial charge in [0.1, 0.15) is 19.4 Å². The summed E-state index contributed by atoms with van der Waals surface area (Å²) in [5.74, 6) is 3.55. The van der Waals surface area contributed by atoms with Crippen LogP contribution in [0.3, 0.4) is 0 Å². The van der Waals surface area contributed by atoms with Gasteiger partial charge in [0.2, 0.25) is 0 Å². The standard InChI is InChI=1S/C32H51NO5Si/c1-30(2,3)38-29(34)13-11-12-21-33(23-26-14-16-28(35-7)17-15-26)27(19-22-39(8,9)10)18-20-32(6)36-24-31(4,5)25-37-32/h11,13-17,27H,12,18,20-21,23-25H2,1-10H3/b13-11+/t27-/m1/s1. The van der Waals surface area contributed by atoms with Crippen molar-refractivity contribution in [1.29, 1.82) is 0 Å². The number of esters is 1. The SMILES string of the molecule is COc1ccc(CN(CC/C=C/C(=O)OC(C)(C)C)[C@@H](C#C[Si](C)(C)C)CCC2(C)OCC(C)(C)CO2)cc1. The summed E-state index contributed by atoms with van der Waals surface area (Å²) in [5.41, 5.74) is 4.31. The van der Waals surface area contributed by atoms with E-state index in [1.54, 1.807) is 7.11 Å². The lowest BCUT2D eigenvalue weighted by molar-refractivity contribution is -0.292. The zero-order valence-electron chi connectivity index (χ0n) is 26.0. The van der Waals surface area contributed by atoms with Gasteiger partial charge >= 0.3 is 5.97 Å². The topological polar surface area (TPSA) is 57.2 Å². The number of carbonyl (C=O) groups excluding carboxylic acids is 1. The molecule has 2 rings (SSSR count). The van der Waals surface area contributed by atoms with Gasteiger partial charge in [-0.1, -0.05) is 57.6 Å². The molecule has 0 unspecified atom stereocenters. The number of hydrogen-bond acceptors (Lipinski definition) is 6. The molecule has 0 bridgehead atoms. The summed E-state index contributed by atoms with van der Waals surface area (Å²) in [6.07, 6.45) is 5.71. The highest BCUT2D eigenvalue weighted by molar-refractivity contribution is 6.83. The van der Waals surface area contributed by atoms with E-state index in [1.807, 2.05) is 45.9 Å². The first-order chi connectivity index (χ1) is 18.0. The van der Waals surface area contributed by atoms with Gasteiger partial charge in [-0.05, 0) is 58.2 Å². The molecule has 218 valence electrons. The number of rotatable bonds is 11. The molecule has 1 saturated heterocycles. The summed E-state index contributed by atoms with van der Waals surface area (Å²) in [7, 11) is 0.0835. The maximum atomic E-state index is 12.2. The second-order valence-electron chi connectivity index (χ2n) is 13.5. The number of nitrogens with zero attached hydrogens (tertiary/aromatic N) is 1. The van der Waals surface area contributed by atoms with Gasteiger partial charge in [-0.15, -0.1) is 5.54 Å². The monoisotopic (exact) mass is 557 g/mol. The Balaban J connectivity index is 2.24. The molecule has 1 heterocycles. The Morgan fingerprint density at radius 1 is 1.13 bits per heavy atom.